The van der Waals surface area contributed by atoms with Gasteiger partial charge in [-0.25, -0.2) is 4.98 Å². The van der Waals surface area contributed by atoms with Crippen LogP contribution in [0.2, 0.25) is 5.02 Å². The normalized spacial score (nSPS) is 19.8. The van der Waals surface area contributed by atoms with Crippen LogP contribution < -0.4 is 0 Å². The maximum atomic E-state index is 6.23. The molecular formula is C16H20ClN3O. The van der Waals surface area contributed by atoms with Crippen molar-refractivity contribution >= 4 is 11.6 Å². The third-order valence-electron chi connectivity index (χ3n) is 3.91. The van der Waals surface area contributed by atoms with Crippen molar-refractivity contribution in [2.45, 2.75) is 19.1 Å². The van der Waals surface area contributed by atoms with Gasteiger partial charge in [-0.15, -0.1) is 0 Å². The van der Waals surface area contributed by atoms with Gasteiger partial charge in [0.25, 0.3) is 0 Å². The van der Waals surface area contributed by atoms with Crippen LogP contribution in [0.15, 0.2) is 36.7 Å². The van der Waals surface area contributed by atoms with Crippen LogP contribution in [0.5, 0.6) is 0 Å². The number of nitrogens with zero attached hydrogens (tertiary/aromatic N) is 3. The largest absolute Gasteiger partial charge is 0.375 e. The van der Waals surface area contributed by atoms with Crippen molar-refractivity contribution in [3.63, 3.8) is 0 Å². The number of hydrogen-bond donors (Lipinski definition) is 0. The lowest BCUT2D eigenvalue weighted by molar-refractivity contribution is -0.0314. The highest BCUT2D eigenvalue weighted by Gasteiger charge is 2.22. The van der Waals surface area contributed by atoms with E-state index < -0.39 is 0 Å². The van der Waals surface area contributed by atoms with Gasteiger partial charge < -0.3 is 9.30 Å². The summed E-state index contributed by atoms with van der Waals surface area (Å²) in [6.45, 7) is 3.50. The smallest absolute Gasteiger partial charge is 0.122 e. The van der Waals surface area contributed by atoms with E-state index in [0.717, 1.165) is 49.1 Å². The number of aryl methyl sites for hydroxylation is 1. The number of aromatic nitrogens is 2. The molecule has 0 radical (unpaired) electrons. The van der Waals surface area contributed by atoms with Crippen molar-refractivity contribution in [1.82, 2.24) is 14.5 Å². The van der Waals surface area contributed by atoms with Crippen molar-refractivity contribution in [3.05, 3.63) is 53.1 Å². The Bertz CT molecular complexity index is 599. The second kappa shape index (κ2) is 6.60. The summed E-state index contributed by atoms with van der Waals surface area (Å²) in [5, 5.41) is 0.822. The molecule has 1 atom stereocenters. The van der Waals surface area contributed by atoms with E-state index in [1.807, 2.05) is 37.6 Å². The average molecular weight is 306 g/mol. The van der Waals surface area contributed by atoms with E-state index in [1.54, 1.807) is 0 Å². The molecule has 4 nitrogen and oxygen atoms in total. The molecule has 1 saturated heterocycles. The van der Waals surface area contributed by atoms with E-state index in [-0.39, 0.29) is 6.10 Å². The number of benzene rings is 1. The molecule has 2 aromatic rings. The third-order valence-corrected chi connectivity index (χ3v) is 4.28. The first-order chi connectivity index (χ1) is 10.2. The van der Waals surface area contributed by atoms with Crippen molar-refractivity contribution in [1.29, 1.82) is 0 Å². The van der Waals surface area contributed by atoms with Crippen LogP contribution in [-0.4, -0.2) is 40.3 Å². The van der Waals surface area contributed by atoms with E-state index in [0.29, 0.717) is 0 Å². The van der Waals surface area contributed by atoms with Crippen LogP contribution in [0.3, 0.4) is 0 Å². The molecule has 0 bridgehead atoms. The van der Waals surface area contributed by atoms with Gasteiger partial charge in [-0.1, -0.05) is 29.8 Å². The third kappa shape index (κ3) is 3.64. The summed E-state index contributed by atoms with van der Waals surface area (Å²) in [6, 6.07) is 7.99. The van der Waals surface area contributed by atoms with Gasteiger partial charge in [0.2, 0.25) is 0 Å². The number of morpholine rings is 1. The Morgan fingerprint density at radius 2 is 2.24 bits per heavy atom. The topological polar surface area (TPSA) is 30.3 Å². The monoisotopic (exact) mass is 305 g/mol. The minimum atomic E-state index is 0.193. The second-order valence-electron chi connectivity index (χ2n) is 5.48. The van der Waals surface area contributed by atoms with Crippen LogP contribution in [0.1, 0.15) is 11.4 Å². The zero-order valence-corrected chi connectivity index (χ0v) is 13.0. The van der Waals surface area contributed by atoms with Gasteiger partial charge in [0.1, 0.15) is 5.82 Å². The molecule has 1 aromatic carbocycles. The molecule has 112 valence electrons. The van der Waals surface area contributed by atoms with Gasteiger partial charge in [0.05, 0.1) is 19.3 Å². The highest BCUT2D eigenvalue weighted by atomic mass is 35.5. The van der Waals surface area contributed by atoms with Gasteiger partial charge >= 0.3 is 0 Å². The SMILES string of the molecule is Cn1ccnc1CN1CCOC(Cc2ccccc2Cl)C1. The summed E-state index contributed by atoms with van der Waals surface area (Å²) in [5.41, 5.74) is 1.16. The molecule has 0 saturated carbocycles. The van der Waals surface area contributed by atoms with Crippen LogP contribution in [-0.2, 0) is 24.8 Å². The van der Waals surface area contributed by atoms with Crippen molar-refractivity contribution in [2.24, 2.45) is 7.05 Å². The zero-order valence-electron chi connectivity index (χ0n) is 12.2. The Labute approximate surface area is 130 Å². The van der Waals surface area contributed by atoms with Crippen molar-refractivity contribution in [3.8, 4) is 0 Å². The second-order valence-corrected chi connectivity index (χ2v) is 5.89. The summed E-state index contributed by atoms with van der Waals surface area (Å²) < 4.78 is 7.96. The van der Waals surface area contributed by atoms with Crippen molar-refractivity contribution in [2.75, 3.05) is 19.7 Å². The molecule has 0 spiro atoms. The lowest BCUT2D eigenvalue weighted by Crippen LogP contribution is -2.43. The fraction of sp³-hybridized carbons (Fsp3) is 0.438. The molecular weight excluding hydrogens is 286 g/mol. The molecule has 2 heterocycles. The summed E-state index contributed by atoms with van der Waals surface area (Å²) >= 11 is 6.23. The first-order valence-electron chi connectivity index (χ1n) is 7.26. The molecule has 21 heavy (non-hydrogen) atoms. The molecule has 1 unspecified atom stereocenters. The van der Waals surface area contributed by atoms with Gasteiger partial charge in [0.15, 0.2) is 0 Å². The molecule has 1 aliphatic rings. The van der Waals surface area contributed by atoms with Crippen molar-refractivity contribution < 1.29 is 4.74 Å². The summed E-state index contributed by atoms with van der Waals surface area (Å²) in [5.74, 6) is 1.09. The maximum Gasteiger partial charge on any atom is 0.122 e. The zero-order chi connectivity index (χ0) is 14.7. The van der Waals surface area contributed by atoms with Gasteiger partial charge in [0, 0.05) is 44.0 Å². The highest BCUT2D eigenvalue weighted by Crippen LogP contribution is 2.20. The molecule has 0 aliphatic carbocycles. The number of imidazole rings is 1. The lowest BCUT2D eigenvalue weighted by atomic mass is 10.1. The van der Waals surface area contributed by atoms with Crippen LogP contribution >= 0.6 is 11.6 Å². The summed E-state index contributed by atoms with van der Waals surface area (Å²) in [6.07, 6.45) is 4.88. The Kier molecular flexibility index (Phi) is 4.58. The van der Waals surface area contributed by atoms with Crippen LogP contribution in [0.25, 0.3) is 0 Å². The predicted molar refractivity (Wildman–Crippen MR) is 83.4 cm³/mol. The standard InChI is InChI=1S/C16H20ClN3O/c1-19-7-6-18-16(19)12-20-8-9-21-14(11-20)10-13-4-2-3-5-15(13)17/h2-7,14H,8-12H2,1H3. The Morgan fingerprint density at radius 3 is 3.00 bits per heavy atom. The van der Waals surface area contributed by atoms with E-state index in [9.17, 15) is 0 Å². The molecule has 3 rings (SSSR count). The molecule has 1 fully saturated rings. The maximum absolute atomic E-state index is 6.23. The van der Waals surface area contributed by atoms with Gasteiger partial charge in [-0.3, -0.25) is 4.90 Å². The summed E-state index contributed by atoms with van der Waals surface area (Å²) in [7, 11) is 2.03. The van der Waals surface area contributed by atoms with E-state index in [1.165, 1.54) is 0 Å². The quantitative estimate of drug-likeness (QED) is 0.869. The number of rotatable bonds is 4. The van der Waals surface area contributed by atoms with Crippen LogP contribution in [0.4, 0.5) is 0 Å². The minimum absolute atomic E-state index is 0.193. The lowest BCUT2D eigenvalue weighted by Gasteiger charge is -2.32. The Balaban J connectivity index is 1.61. The predicted octanol–water partition coefficient (Wildman–Crippen LogP) is 2.52. The Morgan fingerprint density at radius 1 is 1.38 bits per heavy atom. The highest BCUT2D eigenvalue weighted by molar-refractivity contribution is 6.31. The molecule has 0 amide bonds. The molecule has 1 aromatic heterocycles. The molecule has 0 N–H and O–H groups in total. The van der Waals surface area contributed by atoms with E-state index in [4.69, 9.17) is 16.3 Å². The first kappa shape index (κ1) is 14.6. The van der Waals surface area contributed by atoms with Gasteiger partial charge in [-0.05, 0) is 11.6 Å². The number of hydrogen-bond acceptors (Lipinski definition) is 3. The van der Waals surface area contributed by atoms with E-state index in [2.05, 4.69) is 20.5 Å². The fourth-order valence-electron chi connectivity index (χ4n) is 2.71. The van der Waals surface area contributed by atoms with E-state index >= 15 is 0 Å². The fourth-order valence-corrected chi connectivity index (χ4v) is 2.92. The number of halogens is 1. The molecule has 1 aliphatic heterocycles. The average Bonchev–Trinajstić information content (AvgIpc) is 2.87. The summed E-state index contributed by atoms with van der Waals surface area (Å²) in [4.78, 5) is 6.79. The Hall–Kier alpha value is -1.36. The molecule has 5 heteroatoms. The minimum Gasteiger partial charge on any atom is -0.375 e. The van der Waals surface area contributed by atoms with Gasteiger partial charge in [-0.2, -0.15) is 0 Å². The van der Waals surface area contributed by atoms with Crippen LogP contribution in [0, 0.1) is 0 Å². The number of ether oxygens (including phenoxy) is 1. The first-order valence-corrected chi connectivity index (χ1v) is 7.64.